The van der Waals surface area contributed by atoms with Gasteiger partial charge in [0.1, 0.15) is 11.9 Å². The number of halogens is 1. The van der Waals surface area contributed by atoms with Gasteiger partial charge < -0.3 is 10.4 Å². The number of hydrogen-bond donors (Lipinski definition) is 2. The van der Waals surface area contributed by atoms with E-state index in [4.69, 9.17) is 16.7 Å². The minimum Gasteiger partial charge on any atom is -0.480 e. The van der Waals surface area contributed by atoms with E-state index in [2.05, 4.69) is 5.32 Å². The van der Waals surface area contributed by atoms with Crippen LogP contribution in [0.25, 0.3) is 0 Å². The Morgan fingerprint density at radius 2 is 2.14 bits per heavy atom. The molecule has 0 saturated heterocycles. The summed E-state index contributed by atoms with van der Waals surface area (Å²) in [5.74, 6) is -1.94. The Hall–Kier alpha value is -1.10. The molecule has 1 amide bonds. The van der Waals surface area contributed by atoms with E-state index >= 15 is 0 Å². The van der Waals surface area contributed by atoms with Gasteiger partial charge in [-0.2, -0.15) is 0 Å². The lowest BCUT2D eigenvalue weighted by atomic mass is 10.1. The fraction of sp³-hybridized carbons (Fsp3) is 0.625. The Bertz CT molecular complexity index is 219. The van der Waals surface area contributed by atoms with Crippen molar-refractivity contribution in [3.63, 3.8) is 0 Å². The number of hydrogen-bond acceptors (Lipinski definition) is 3. The molecule has 14 heavy (non-hydrogen) atoms. The molecule has 0 aliphatic heterocycles. The van der Waals surface area contributed by atoms with Gasteiger partial charge in [0.2, 0.25) is 5.91 Å². The third-order valence-corrected chi connectivity index (χ3v) is 1.77. The van der Waals surface area contributed by atoms with Crippen molar-refractivity contribution in [3.05, 3.63) is 0 Å². The third kappa shape index (κ3) is 5.53. The van der Waals surface area contributed by atoms with Gasteiger partial charge in [0.15, 0.2) is 6.29 Å². The zero-order valence-corrected chi connectivity index (χ0v) is 8.21. The molecule has 0 aromatic rings. The molecule has 0 aromatic carbocycles. The van der Waals surface area contributed by atoms with Gasteiger partial charge in [-0.1, -0.05) is 0 Å². The maximum absolute atomic E-state index is 10.8. The van der Waals surface area contributed by atoms with Gasteiger partial charge in [-0.05, 0) is 12.8 Å². The van der Waals surface area contributed by atoms with Crippen LogP contribution >= 0.6 is 11.6 Å². The zero-order chi connectivity index (χ0) is 11.0. The number of amides is 1. The molecule has 5 nitrogen and oxygen atoms in total. The zero-order valence-electron chi connectivity index (χ0n) is 7.46. The predicted molar refractivity (Wildman–Crippen MR) is 49.8 cm³/mol. The van der Waals surface area contributed by atoms with E-state index in [0.717, 1.165) is 0 Å². The van der Waals surface area contributed by atoms with Crippen molar-refractivity contribution in [2.24, 2.45) is 0 Å². The molecule has 0 saturated carbocycles. The van der Waals surface area contributed by atoms with Crippen LogP contribution in [0, 0.1) is 0 Å². The van der Waals surface area contributed by atoms with Crippen LogP contribution in [-0.2, 0) is 14.4 Å². The van der Waals surface area contributed by atoms with Crippen LogP contribution in [-0.4, -0.2) is 35.2 Å². The van der Waals surface area contributed by atoms with Gasteiger partial charge >= 0.3 is 5.97 Å². The Balaban J connectivity index is 3.95. The lowest BCUT2D eigenvalue weighted by Crippen LogP contribution is -2.41. The number of carboxylic acid groups (broad SMARTS) is 1. The lowest BCUT2D eigenvalue weighted by Gasteiger charge is -2.12. The molecule has 0 aromatic heterocycles. The molecule has 0 aliphatic rings. The largest absolute Gasteiger partial charge is 0.480 e. The SMILES string of the molecule is O=[C]CCCC(NC(=O)CCl)C(=O)O. The summed E-state index contributed by atoms with van der Waals surface area (Å²) in [5, 5.41) is 10.9. The summed E-state index contributed by atoms with van der Waals surface area (Å²) < 4.78 is 0. The van der Waals surface area contributed by atoms with Gasteiger partial charge in [-0.15, -0.1) is 11.6 Å². The second-order valence-corrected chi connectivity index (χ2v) is 2.90. The fourth-order valence-corrected chi connectivity index (χ4v) is 0.946. The second-order valence-electron chi connectivity index (χ2n) is 2.63. The molecule has 1 unspecified atom stereocenters. The van der Waals surface area contributed by atoms with Crippen LogP contribution in [0.15, 0.2) is 0 Å². The summed E-state index contributed by atoms with van der Waals surface area (Å²) in [6.45, 7) is 0. The molecule has 1 radical (unpaired) electrons. The number of carbonyl (C=O) groups excluding carboxylic acids is 2. The number of unbranched alkanes of at least 4 members (excludes halogenated alkanes) is 1. The summed E-state index contributed by atoms with van der Waals surface area (Å²) in [6.07, 6.45) is 2.39. The average molecular weight is 221 g/mol. The summed E-state index contributed by atoms with van der Waals surface area (Å²) in [6, 6.07) is -0.977. The van der Waals surface area contributed by atoms with Crippen molar-refractivity contribution in [2.75, 3.05) is 5.88 Å². The van der Waals surface area contributed by atoms with Crippen LogP contribution in [0.4, 0.5) is 0 Å². The summed E-state index contributed by atoms with van der Waals surface area (Å²) >= 11 is 5.19. The Labute approximate surface area is 86.4 Å². The first kappa shape index (κ1) is 12.9. The van der Waals surface area contributed by atoms with Crippen molar-refractivity contribution < 1.29 is 19.5 Å². The Kier molecular flexibility index (Phi) is 6.74. The molecule has 2 N–H and O–H groups in total. The molecule has 0 spiro atoms. The van der Waals surface area contributed by atoms with Gasteiger partial charge in [0.25, 0.3) is 0 Å². The topological polar surface area (TPSA) is 83.5 Å². The molecule has 0 fully saturated rings. The first-order valence-electron chi connectivity index (χ1n) is 4.05. The average Bonchev–Trinajstić information content (AvgIpc) is 2.16. The van der Waals surface area contributed by atoms with Crippen LogP contribution < -0.4 is 5.32 Å². The van der Waals surface area contributed by atoms with Gasteiger partial charge in [0.05, 0.1) is 0 Å². The van der Waals surface area contributed by atoms with Crippen molar-refractivity contribution in [1.29, 1.82) is 0 Å². The Morgan fingerprint density at radius 3 is 2.57 bits per heavy atom. The highest BCUT2D eigenvalue weighted by Crippen LogP contribution is 2.00. The molecule has 0 heterocycles. The fourth-order valence-electron chi connectivity index (χ4n) is 0.869. The molecule has 0 aliphatic carbocycles. The Morgan fingerprint density at radius 1 is 1.50 bits per heavy atom. The van der Waals surface area contributed by atoms with E-state index in [1.165, 1.54) is 0 Å². The van der Waals surface area contributed by atoms with Crippen molar-refractivity contribution in [2.45, 2.75) is 25.3 Å². The number of aliphatic carboxylic acids is 1. The number of nitrogens with one attached hydrogen (secondary N) is 1. The molecule has 79 valence electrons. The van der Waals surface area contributed by atoms with Gasteiger partial charge in [-0.3, -0.25) is 9.59 Å². The minimum atomic E-state index is -1.13. The van der Waals surface area contributed by atoms with Crippen molar-refractivity contribution in [3.8, 4) is 0 Å². The molecular formula is C8H11ClNO4. The van der Waals surface area contributed by atoms with E-state index in [-0.39, 0.29) is 18.7 Å². The van der Waals surface area contributed by atoms with E-state index in [1.54, 1.807) is 6.29 Å². The van der Waals surface area contributed by atoms with E-state index in [1.807, 2.05) is 0 Å². The maximum Gasteiger partial charge on any atom is 0.326 e. The highest BCUT2D eigenvalue weighted by Gasteiger charge is 2.18. The predicted octanol–water partition coefficient (Wildman–Crippen LogP) is 0.0746. The number of carbonyl (C=O) groups is 2. The third-order valence-electron chi connectivity index (χ3n) is 1.53. The molecule has 0 rings (SSSR count). The first-order chi connectivity index (χ1) is 6.61. The minimum absolute atomic E-state index is 0.167. The molecule has 6 heteroatoms. The standard InChI is InChI=1S/C8H11ClNO4/c9-5-7(12)10-6(8(13)14)3-1-2-4-11/h6H,1-3,5H2,(H,10,12)(H,13,14). The number of rotatable bonds is 7. The highest BCUT2D eigenvalue weighted by molar-refractivity contribution is 6.27. The monoisotopic (exact) mass is 220 g/mol. The number of carboxylic acids is 1. The summed E-state index contributed by atoms with van der Waals surface area (Å²) in [7, 11) is 0. The lowest BCUT2D eigenvalue weighted by molar-refractivity contribution is -0.141. The van der Waals surface area contributed by atoms with Crippen molar-refractivity contribution >= 4 is 29.8 Å². The van der Waals surface area contributed by atoms with Crippen molar-refractivity contribution in [1.82, 2.24) is 5.32 Å². The quantitative estimate of drug-likeness (QED) is 0.470. The van der Waals surface area contributed by atoms with Crippen LogP contribution in [0.1, 0.15) is 19.3 Å². The van der Waals surface area contributed by atoms with Crippen LogP contribution in [0.2, 0.25) is 0 Å². The van der Waals surface area contributed by atoms with E-state index in [9.17, 15) is 14.4 Å². The molecule has 1 atom stereocenters. The summed E-state index contributed by atoms with van der Waals surface area (Å²) in [5.41, 5.74) is 0. The van der Waals surface area contributed by atoms with Crippen LogP contribution in [0.5, 0.6) is 0 Å². The van der Waals surface area contributed by atoms with E-state index in [0.29, 0.717) is 6.42 Å². The summed E-state index contributed by atoms with van der Waals surface area (Å²) in [4.78, 5) is 31.2. The van der Waals surface area contributed by atoms with E-state index < -0.39 is 17.9 Å². The first-order valence-corrected chi connectivity index (χ1v) is 4.58. The smallest absolute Gasteiger partial charge is 0.326 e. The molecular weight excluding hydrogens is 210 g/mol. The highest BCUT2D eigenvalue weighted by atomic mass is 35.5. The molecule has 0 bridgehead atoms. The van der Waals surface area contributed by atoms with Gasteiger partial charge in [-0.25, -0.2) is 4.79 Å². The maximum atomic E-state index is 10.8. The normalized spacial score (nSPS) is 11.8. The second kappa shape index (κ2) is 7.32. The van der Waals surface area contributed by atoms with Gasteiger partial charge in [0, 0.05) is 6.42 Å². The number of alkyl halides is 1. The van der Waals surface area contributed by atoms with Crippen LogP contribution in [0.3, 0.4) is 0 Å².